The molecule has 0 radical (unpaired) electrons. The van der Waals surface area contributed by atoms with Gasteiger partial charge in [-0.2, -0.15) is 0 Å². The van der Waals surface area contributed by atoms with Crippen LogP contribution in [-0.2, 0) is 13.0 Å². The van der Waals surface area contributed by atoms with E-state index >= 15 is 0 Å². The van der Waals surface area contributed by atoms with E-state index in [1.54, 1.807) is 0 Å². The molecule has 76 valence electrons. The third-order valence-electron chi connectivity index (χ3n) is 2.69. The van der Waals surface area contributed by atoms with Crippen LogP contribution in [0.1, 0.15) is 24.0 Å². The Labute approximate surface area is 84.3 Å². The molecule has 1 fully saturated rings. The lowest BCUT2D eigenvalue weighted by Gasteiger charge is -2.07. The van der Waals surface area contributed by atoms with E-state index in [9.17, 15) is 4.39 Å². The number of nitrogens with one attached hydrogen (secondary N) is 1. The lowest BCUT2D eigenvalue weighted by atomic mass is 10.0. The molecule has 1 nitrogen and oxygen atoms in total. The minimum absolute atomic E-state index is 0.588. The van der Waals surface area contributed by atoms with E-state index in [4.69, 9.17) is 0 Å². The van der Waals surface area contributed by atoms with Crippen LogP contribution in [-0.4, -0.2) is 12.7 Å². The first kappa shape index (κ1) is 9.66. The Bertz CT molecular complexity index is 318. The van der Waals surface area contributed by atoms with Crippen LogP contribution in [0.2, 0.25) is 0 Å². The fraction of sp³-hybridized carbons (Fsp3) is 0.500. The van der Waals surface area contributed by atoms with Gasteiger partial charge in [0.05, 0.1) is 0 Å². The molecule has 1 aliphatic rings. The number of hydrogen-bond acceptors (Lipinski definition) is 1. The molecular formula is C12H16FN. The van der Waals surface area contributed by atoms with E-state index in [2.05, 4.69) is 17.4 Å². The summed E-state index contributed by atoms with van der Waals surface area (Å²) in [5, 5.41) is 3.10. The van der Waals surface area contributed by atoms with E-state index in [0.717, 1.165) is 24.9 Å². The molecule has 0 heterocycles. The summed E-state index contributed by atoms with van der Waals surface area (Å²) < 4.78 is 13.5. The Balaban J connectivity index is 2.06. The summed E-state index contributed by atoms with van der Waals surface area (Å²) in [6.45, 7) is 0.854. The van der Waals surface area contributed by atoms with Gasteiger partial charge in [-0.15, -0.1) is 0 Å². The molecule has 1 saturated carbocycles. The van der Waals surface area contributed by atoms with Crippen LogP contribution in [0.15, 0.2) is 24.3 Å². The van der Waals surface area contributed by atoms with E-state index in [-0.39, 0.29) is 0 Å². The average Bonchev–Trinajstić information content (AvgIpc) is 2.84. The minimum Gasteiger partial charge on any atom is -0.316 e. The number of alkyl halides is 1. The fourth-order valence-corrected chi connectivity index (χ4v) is 1.73. The predicted octanol–water partition coefficient (Wildman–Crippen LogP) is 2.45. The van der Waals surface area contributed by atoms with Gasteiger partial charge in [-0.1, -0.05) is 24.3 Å². The summed E-state index contributed by atoms with van der Waals surface area (Å²) in [7, 11) is 1.92. The van der Waals surface area contributed by atoms with Crippen molar-refractivity contribution in [2.24, 2.45) is 0 Å². The zero-order valence-electron chi connectivity index (χ0n) is 8.52. The Morgan fingerprint density at radius 2 is 2.07 bits per heavy atom. The molecule has 1 N–H and O–H groups in total. The quantitative estimate of drug-likeness (QED) is 0.774. The summed E-state index contributed by atoms with van der Waals surface area (Å²) in [4.78, 5) is 0. The van der Waals surface area contributed by atoms with Crippen molar-refractivity contribution in [1.82, 2.24) is 5.32 Å². The molecule has 2 rings (SSSR count). The van der Waals surface area contributed by atoms with Gasteiger partial charge in [0.25, 0.3) is 0 Å². The van der Waals surface area contributed by atoms with E-state index in [1.165, 1.54) is 5.56 Å². The predicted molar refractivity (Wildman–Crippen MR) is 56.0 cm³/mol. The Hall–Kier alpha value is -0.890. The topological polar surface area (TPSA) is 12.0 Å². The van der Waals surface area contributed by atoms with Crippen molar-refractivity contribution in [3.05, 3.63) is 35.4 Å². The standard InChI is InChI=1S/C12H16FN/c1-14-9-11-4-2-3-10(7-11)8-12(13)5-6-12/h2-4,7,14H,5-6,8-9H2,1H3. The molecule has 0 atom stereocenters. The second-order valence-corrected chi connectivity index (χ2v) is 4.18. The molecule has 2 heteroatoms. The number of benzene rings is 1. The smallest absolute Gasteiger partial charge is 0.115 e. The van der Waals surface area contributed by atoms with Crippen LogP contribution in [0, 0.1) is 0 Å². The zero-order chi connectivity index (χ0) is 10.0. The summed E-state index contributed by atoms with van der Waals surface area (Å²) in [6, 6.07) is 8.18. The third-order valence-corrected chi connectivity index (χ3v) is 2.69. The van der Waals surface area contributed by atoms with Crippen molar-refractivity contribution in [3.63, 3.8) is 0 Å². The number of hydrogen-bond donors (Lipinski definition) is 1. The van der Waals surface area contributed by atoms with Crippen LogP contribution in [0.25, 0.3) is 0 Å². The normalized spacial score (nSPS) is 18.1. The Morgan fingerprint density at radius 3 is 2.71 bits per heavy atom. The van der Waals surface area contributed by atoms with Crippen molar-refractivity contribution in [2.75, 3.05) is 7.05 Å². The van der Waals surface area contributed by atoms with Gasteiger partial charge in [-0.25, -0.2) is 4.39 Å². The van der Waals surface area contributed by atoms with Crippen molar-refractivity contribution < 1.29 is 4.39 Å². The largest absolute Gasteiger partial charge is 0.316 e. The maximum Gasteiger partial charge on any atom is 0.115 e. The molecule has 1 aliphatic carbocycles. The highest BCUT2D eigenvalue weighted by Gasteiger charge is 2.42. The minimum atomic E-state index is -0.877. The second kappa shape index (κ2) is 3.70. The molecule has 0 unspecified atom stereocenters. The van der Waals surface area contributed by atoms with Gasteiger partial charge in [0.1, 0.15) is 5.67 Å². The van der Waals surface area contributed by atoms with Gasteiger partial charge < -0.3 is 5.32 Å². The summed E-state index contributed by atoms with van der Waals surface area (Å²) >= 11 is 0. The van der Waals surface area contributed by atoms with Crippen LogP contribution in [0.3, 0.4) is 0 Å². The molecule has 0 spiro atoms. The van der Waals surface area contributed by atoms with Crippen molar-refractivity contribution >= 4 is 0 Å². The van der Waals surface area contributed by atoms with Crippen molar-refractivity contribution in [1.29, 1.82) is 0 Å². The van der Waals surface area contributed by atoms with Crippen LogP contribution < -0.4 is 5.32 Å². The second-order valence-electron chi connectivity index (χ2n) is 4.18. The Morgan fingerprint density at radius 1 is 1.36 bits per heavy atom. The van der Waals surface area contributed by atoms with Gasteiger partial charge in [0.2, 0.25) is 0 Å². The number of rotatable bonds is 4. The molecule has 1 aromatic rings. The van der Waals surface area contributed by atoms with Gasteiger partial charge in [0, 0.05) is 13.0 Å². The number of halogens is 1. The lowest BCUT2D eigenvalue weighted by Crippen LogP contribution is -2.07. The molecule has 0 amide bonds. The highest BCUT2D eigenvalue weighted by atomic mass is 19.1. The summed E-state index contributed by atoms with van der Waals surface area (Å²) in [5.74, 6) is 0. The fourth-order valence-electron chi connectivity index (χ4n) is 1.73. The van der Waals surface area contributed by atoms with Gasteiger partial charge in [0.15, 0.2) is 0 Å². The average molecular weight is 193 g/mol. The van der Waals surface area contributed by atoms with E-state index in [0.29, 0.717) is 6.42 Å². The van der Waals surface area contributed by atoms with E-state index in [1.807, 2.05) is 19.2 Å². The van der Waals surface area contributed by atoms with Crippen molar-refractivity contribution in [2.45, 2.75) is 31.5 Å². The summed E-state index contributed by atoms with van der Waals surface area (Å²) in [5.41, 5.74) is 1.48. The Kier molecular flexibility index (Phi) is 2.55. The first-order valence-corrected chi connectivity index (χ1v) is 5.13. The SMILES string of the molecule is CNCc1cccc(CC2(F)CC2)c1. The summed E-state index contributed by atoms with van der Waals surface area (Å²) in [6.07, 6.45) is 2.07. The van der Waals surface area contributed by atoms with E-state index < -0.39 is 5.67 Å². The van der Waals surface area contributed by atoms with Crippen molar-refractivity contribution in [3.8, 4) is 0 Å². The highest BCUT2D eigenvalue weighted by molar-refractivity contribution is 5.26. The monoisotopic (exact) mass is 193 g/mol. The molecular weight excluding hydrogens is 177 g/mol. The molecule has 1 aromatic carbocycles. The molecule has 0 aromatic heterocycles. The third kappa shape index (κ3) is 2.32. The van der Waals surface area contributed by atoms with Gasteiger partial charge in [-0.05, 0) is 31.0 Å². The maximum absolute atomic E-state index is 13.5. The van der Waals surface area contributed by atoms with Crippen LogP contribution >= 0.6 is 0 Å². The first-order valence-electron chi connectivity index (χ1n) is 5.13. The van der Waals surface area contributed by atoms with Gasteiger partial charge >= 0.3 is 0 Å². The molecule has 0 aliphatic heterocycles. The first-order chi connectivity index (χ1) is 6.72. The van der Waals surface area contributed by atoms with Crippen LogP contribution in [0.4, 0.5) is 4.39 Å². The molecule has 0 bridgehead atoms. The maximum atomic E-state index is 13.5. The van der Waals surface area contributed by atoms with Gasteiger partial charge in [-0.3, -0.25) is 0 Å². The molecule has 14 heavy (non-hydrogen) atoms. The van der Waals surface area contributed by atoms with Crippen LogP contribution in [0.5, 0.6) is 0 Å². The highest BCUT2D eigenvalue weighted by Crippen LogP contribution is 2.42. The zero-order valence-corrected chi connectivity index (χ0v) is 8.52. The lowest BCUT2D eigenvalue weighted by molar-refractivity contribution is 0.308. The molecule has 0 saturated heterocycles.